The zero-order valence-corrected chi connectivity index (χ0v) is 14.5. The van der Waals surface area contributed by atoms with Crippen molar-refractivity contribution in [2.24, 2.45) is 0 Å². The zero-order valence-electron chi connectivity index (χ0n) is 13.7. The highest BCUT2D eigenvalue weighted by Crippen LogP contribution is 2.24. The first-order valence-electron chi connectivity index (χ1n) is 7.94. The number of nitrogens with one attached hydrogen (secondary N) is 2. The van der Waals surface area contributed by atoms with Gasteiger partial charge in [0.1, 0.15) is 5.82 Å². The van der Waals surface area contributed by atoms with Crippen LogP contribution < -0.4 is 10.9 Å². The van der Waals surface area contributed by atoms with Crippen molar-refractivity contribution in [3.63, 3.8) is 0 Å². The molecule has 23 heavy (non-hydrogen) atoms. The molecular formula is C17H22N4OS. The summed E-state index contributed by atoms with van der Waals surface area (Å²) >= 11 is 5.41. The number of aromatic nitrogens is 2. The quantitative estimate of drug-likeness (QED) is 0.849. The number of anilines is 1. The summed E-state index contributed by atoms with van der Waals surface area (Å²) < 4.78 is 2.34. The van der Waals surface area contributed by atoms with E-state index in [1.54, 1.807) is 0 Å². The first kappa shape index (κ1) is 16.0. The predicted octanol–water partition coefficient (Wildman–Crippen LogP) is 3.19. The topological polar surface area (TPSA) is 53.1 Å². The number of benzene rings is 1. The van der Waals surface area contributed by atoms with Crippen LogP contribution in [0.4, 0.5) is 5.82 Å². The molecule has 0 radical (unpaired) electrons. The summed E-state index contributed by atoms with van der Waals surface area (Å²) in [6.45, 7) is 7.73. The van der Waals surface area contributed by atoms with Gasteiger partial charge in [-0.3, -0.25) is 19.2 Å². The Kier molecular flexibility index (Phi) is 4.37. The van der Waals surface area contributed by atoms with E-state index >= 15 is 0 Å². The number of H-pyrrole nitrogens is 1. The van der Waals surface area contributed by atoms with Crippen molar-refractivity contribution >= 4 is 18.0 Å². The number of aryl methyl sites for hydroxylation is 1. The first-order chi connectivity index (χ1) is 11.0. The summed E-state index contributed by atoms with van der Waals surface area (Å²) in [6.07, 6.45) is 1.05. The maximum atomic E-state index is 12.4. The van der Waals surface area contributed by atoms with Crippen LogP contribution in [0.25, 0.3) is 5.69 Å². The van der Waals surface area contributed by atoms with Gasteiger partial charge in [0.25, 0.3) is 5.56 Å². The fourth-order valence-corrected chi connectivity index (χ4v) is 3.21. The van der Waals surface area contributed by atoms with Crippen LogP contribution in [0.3, 0.4) is 0 Å². The van der Waals surface area contributed by atoms with Crippen molar-refractivity contribution in [1.82, 2.24) is 14.5 Å². The van der Waals surface area contributed by atoms with E-state index in [1.165, 1.54) is 0 Å². The first-order valence-corrected chi connectivity index (χ1v) is 8.35. The van der Waals surface area contributed by atoms with Gasteiger partial charge in [0.2, 0.25) is 0 Å². The van der Waals surface area contributed by atoms with Gasteiger partial charge < -0.3 is 5.32 Å². The van der Waals surface area contributed by atoms with Crippen molar-refractivity contribution in [1.29, 1.82) is 0 Å². The van der Waals surface area contributed by atoms with Gasteiger partial charge in [-0.25, -0.2) is 0 Å². The van der Waals surface area contributed by atoms with E-state index in [9.17, 15) is 4.79 Å². The number of aromatic amines is 1. The monoisotopic (exact) mass is 330 g/mol. The number of hydrogen-bond acceptors (Lipinski definition) is 4. The second kappa shape index (κ2) is 6.29. The van der Waals surface area contributed by atoms with Crippen molar-refractivity contribution in [2.75, 3.05) is 12.0 Å². The van der Waals surface area contributed by atoms with Crippen LogP contribution in [0, 0.1) is 11.7 Å². The Morgan fingerprint density at radius 3 is 2.87 bits per heavy atom. The van der Waals surface area contributed by atoms with Gasteiger partial charge in [0, 0.05) is 12.6 Å². The molecule has 0 saturated carbocycles. The molecule has 0 bridgehead atoms. The SMILES string of the molecule is CC[C@H](C)N1CNc2c(c(=O)[nH]c(=S)n2-c2cccc(C)c2)C1. The van der Waals surface area contributed by atoms with Gasteiger partial charge in [-0.05, 0) is 50.2 Å². The molecular weight excluding hydrogens is 308 g/mol. The lowest BCUT2D eigenvalue weighted by atomic mass is 10.1. The Labute approximate surface area is 141 Å². The van der Waals surface area contributed by atoms with Gasteiger partial charge in [-0.15, -0.1) is 0 Å². The maximum absolute atomic E-state index is 12.4. The molecule has 0 saturated heterocycles. The molecule has 5 nitrogen and oxygen atoms in total. The number of nitrogens with zero attached hydrogens (tertiary/aromatic N) is 2. The van der Waals surface area contributed by atoms with Crippen LogP contribution in [0.1, 0.15) is 31.4 Å². The maximum Gasteiger partial charge on any atom is 0.258 e. The molecule has 0 aliphatic carbocycles. The van der Waals surface area contributed by atoms with Gasteiger partial charge in [0.15, 0.2) is 4.77 Å². The van der Waals surface area contributed by atoms with E-state index in [-0.39, 0.29) is 5.56 Å². The highest BCUT2D eigenvalue weighted by atomic mass is 32.1. The van der Waals surface area contributed by atoms with Crippen LogP contribution in [0.5, 0.6) is 0 Å². The third-order valence-electron chi connectivity index (χ3n) is 4.49. The van der Waals surface area contributed by atoms with Gasteiger partial charge >= 0.3 is 0 Å². The number of hydrogen-bond donors (Lipinski definition) is 2. The van der Waals surface area contributed by atoms with Crippen molar-refractivity contribution in [2.45, 2.75) is 39.8 Å². The molecule has 2 heterocycles. The zero-order chi connectivity index (χ0) is 16.6. The van der Waals surface area contributed by atoms with Crippen molar-refractivity contribution < 1.29 is 0 Å². The Hall–Kier alpha value is -1.92. The van der Waals surface area contributed by atoms with Crippen molar-refractivity contribution in [3.05, 3.63) is 50.5 Å². The third kappa shape index (κ3) is 2.96. The van der Waals surface area contributed by atoms with Crippen LogP contribution >= 0.6 is 12.2 Å². The Bertz CT molecular complexity index is 839. The summed E-state index contributed by atoms with van der Waals surface area (Å²) in [6, 6.07) is 8.54. The fourth-order valence-electron chi connectivity index (χ4n) is 2.92. The lowest BCUT2D eigenvalue weighted by Gasteiger charge is -2.34. The van der Waals surface area contributed by atoms with E-state index in [0.717, 1.165) is 29.1 Å². The Balaban J connectivity index is 2.14. The molecule has 0 spiro atoms. The molecule has 1 aliphatic rings. The molecule has 0 amide bonds. The van der Waals surface area contributed by atoms with Crippen LogP contribution in [-0.4, -0.2) is 27.2 Å². The second-order valence-electron chi connectivity index (χ2n) is 6.10. The molecule has 1 atom stereocenters. The van der Waals surface area contributed by atoms with E-state index in [0.29, 0.717) is 24.0 Å². The molecule has 1 aromatic carbocycles. The van der Waals surface area contributed by atoms with Gasteiger partial charge in [0.05, 0.1) is 17.9 Å². The molecule has 2 aromatic rings. The van der Waals surface area contributed by atoms with Crippen LogP contribution in [0.15, 0.2) is 29.1 Å². The average Bonchev–Trinajstić information content (AvgIpc) is 2.54. The summed E-state index contributed by atoms with van der Waals surface area (Å²) in [5.74, 6) is 0.809. The summed E-state index contributed by atoms with van der Waals surface area (Å²) in [5.41, 5.74) is 2.76. The minimum Gasteiger partial charge on any atom is -0.358 e. The average molecular weight is 330 g/mol. The van der Waals surface area contributed by atoms with Crippen molar-refractivity contribution in [3.8, 4) is 5.69 Å². The molecule has 122 valence electrons. The normalized spacial score (nSPS) is 15.8. The summed E-state index contributed by atoms with van der Waals surface area (Å²) in [7, 11) is 0. The third-order valence-corrected chi connectivity index (χ3v) is 4.78. The lowest BCUT2D eigenvalue weighted by Crippen LogP contribution is -2.43. The molecule has 2 N–H and O–H groups in total. The highest BCUT2D eigenvalue weighted by molar-refractivity contribution is 7.71. The van der Waals surface area contributed by atoms with Gasteiger partial charge in [-0.2, -0.15) is 0 Å². The molecule has 0 unspecified atom stereocenters. The highest BCUT2D eigenvalue weighted by Gasteiger charge is 2.24. The molecule has 1 aliphatic heterocycles. The van der Waals surface area contributed by atoms with Crippen LogP contribution in [-0.2, 0) is 6.54 Å². The van der Waals surface area contributed by atoms with Crippen LogP contribution in [0.2, 0.25) is 0 Å². The Morgan fingerprint density at radius 2 is 2.17 bits per heavy atom. The van der Waals surface area contributed by atoms with Gasteiger partial charge in [-0.1, -0.05) is 19.1 Å². The minimum atomic E-state index is -0.102. The smallest absolute Gasteiger partial charge is 0.258 e. The second-order valence-corrected chi connectivity index (χ2v) is 6.49. The predicted molar refractivity (Wildman–Crippen MR) is 95.7 cm³/mol. The number of rotatable bonds is 3. The summed E-state index contributed by atoms with van der Waals surface area (Å²) in [4.78, 5) is 17.5. The minimum absolute atomic E-state index is 0.102. The van der Waals surface area contributed by atoms with E-state index in [1.807, 2.05) is 29.7 Å². The summed E-state index contributed by atoms with van der Waals surface area (Å²) in [5, 5.41) is 3.40. The number of fused-ring (bicyclic) bond motifs is 1. The molecule has 0 fully saturated rings. The van der Waals surface area contributed by atoms with E-state index in [2.05, 4.69) is 35.1 Å². The molecule has 6 heteroatoms. The lowest BCUT2D eigenvalue weighted by molar-refractivity contribution is 0.200. The standard InChI is InChI=1S/C17H22N4OS/c1-4-12(3)20-9-14-15(18-10-20)21(17(23)19-16(14)22)13-7-5-6-11(2)8-13/h5-8,12,18H,4,9-10H2,1-3H3,(H,19,22,23)/t12-/m0/s1. The fraction of sp³-hybridized carbons (Fsp3) is 0.412. The largest absolute Gasteiger partial charge is 0.358 e. The molecule has 1 aromatic heterocycles. The molecule has 3 rings (SSSR count). The Morgan fingerprint density at radius 1 is 1.39 bits per heavy atom. The van der Waals surface area contributed by atoms with E-state index < -0.39 is 0 Å². The van der Waals surface area contributed by atoms with E-state index in [4.69, 9.17) is 12.2 Å².